The molecule has 1 saturated heterocycles. The van der Waals surface area contributed by atoms with Crippen molar-refractivity contribution in [3.8, 4) is 5.75 Å². The van der Waals surface area contributed by atoms with Crippen LogP contribution in [0, 0.1) is 0 Å². The molecule has 0 aromatic heterocycles. The molecule has 0 saturated carbocycles. The van der Waals surface area contributed by atoms with Gasteiger partial charge in [-0.3, -0.25) is 4.79 Å². The normalized spacial score (nSPS) is 15.0. The van der Waals surface area contributed by atoms with Crippen LogP contribution in [0.5, 0.6) is 5.75 Å². The van der Waals surface area contributed by atoms with E-state index in [2.05, 4.69) is 17.4 Å². The fourth-order valence-corrected chi connectivity index (χ4v) is 2.81. The highest BCUT2D eigenvalue weighted by atomic mass is 35.5. The number of methoxy groups -OCH3 is 1. The molecule has 4 nitrogen and oxygen atoms in total. The van der Waals surface area contributed by atoms with Gasteiger partial charge in [-0.1, -0.05) is 12.1 Å². The van der Waals surface area contributed by atoms with E-state index in [1.165, 1.54) is 5.56 Å². The molecule has 1 amide bonds. The van der Waals surface area contributed by atoms with Gasteiger partial charge in [0, 0.05) is 19.5 Å². The number of amides is 1. The lowest BCUT2D eigenvalue weighted by Gasteiger charge is -2.31. The van der Waals surface area contributed by atoms with Gasteiger partial charge in [-0.05, 0) is 56.5 Å². The van der Waals surface area contributed by atoms with Gasteiger partial charge in [0.15, 0.2) is 0 Å². The van der Waals surface area contributed by atoms with Crippen LogP contribution >= 0.6 is 12.4 Å². The topological polar surface area (TPSA) is 41.6 Å². The number of rotatable bonds is 6. The minimum atomic E-state index is 0. The summed E-state index contributed by atoms with van der Waals surface area (Å²) in [4.78, 5) is 14.2. The second-order valence-electron chi connectivity index (χ2n) is 5.69. The Labute approximate surface area is 139 Å². The van der Waals surface area contributed by atoms with Gasteiger partial charge in [-0.15, -0.1) is 12.4 Å². The molecule has 1 aliphatic rings. The van der Waals surface area contributed by atoms with E-state index in [4.69, 9.17) is 4.74 Å². The van der Waals surface area contributed by atoms with Crippen molar-refractivity contribution in [3.63, 3.8) is 0 Å². The third-order valence-corrected chi connectivity index (χ3v) is 4.26. The number of carbonyl (C=O) groups is 1. The van der Waals surface area contributed by atoms with Crippen LogP contribution in [0.3, 0.4) is 0 Å². The Bertz CT molecular complexity index is 444. The van der Waals surface area contributed by atoms with Crippen LogP contribution in [0.4, 0.5) is 0 Å². The largest absolute Gasteiger partial charge is 0.497 e. The van der Waals surface area contributed by atoms with Crippen LogP contribution in [0.25, 0.3) is 0 Å². The van der Waals surface area contributed by atoms with E-state index in [9.17, 15) is 4.79 Å². The lowest BCUT2D eigenvalue weighted by molar-refractivity contribution is -0.132. The first-order valence-corrected chi connectivity index (χ1v) is 7.80. The molecule has 0 bridgehead atoms. The van der Waals surface area contributed by atoms with Gasteiger partial charge in [-0.2, -0.15) is 0 Å². The Morgan fingerprint density at radius 2 is 1.91 bits per heavy atom. The van der Waals surface area contributed by atoms with Gasteiger partial charge in [0.05, 0.1) is 7.11 Å². The predicted molar refractivity (Wildman–Crippen MR) is 91.8 cm³/mol. The molecule has 0 atom stereocenters. The molecule has 22 heavy (non-hydrogen) atoms. The van der Waals surface area contributed by atoms with Crippen LogP contribution < -0.4 is 10.1 Å². The molecular formula is C17H27ClN2O2. The summed E-state index contributed by atoms with van der Waals surface area (Å²) in [6, 6.07) is 8.50. The summed E-state index contributed by atoms with van der Waals surface area (Å²) in [6.45, 7) is 2.04. The highest BCUT2D eigenvalue weighted by Crippen LogP contribution is 2.15. The van der Waals surface area contributed by atoms with E-state index in [-0.39, 0.29) is 18.3 Å². The zero-order valence-corrected chi connectivity index (χ0v) is 14.3. The number of carbonyl (C=O) groups excluding carboxylic acids is 1. The third kappa shape index (κ3) is 5.50. The maximum absolute atomic E-state index is 12.2. The zero-order valence-electron chi connectivity index (χ0n) is 13.5. The maximum atomic E-state index is 12.2. The van der Waals surface area contributed by atoms with E-state index in [1.807, 2.05) is 24.1 Å². The molecular weight excluding hydrogens is 300 g/mol. The second-order valence-corrected chi connectivity index (χ2v) is 5.69. The number of ether oxygens (including phenoxy) is 1. The van der Waals surface area contributed by atoms with Crippen molar-refractivity contribution in [2.75, 3.05) is 27.2 Å². The molecule has 1 N–H and O–H groups in total. The number of halogens is 1. The first kappa shape index (κ1) is 18.8. The summed E-state index contributed by atoms with van der Waals surface area (Å²) in [5.74, 6) is 1.15. The fourth-order valence-electron chi connectivity index (χ4n) is 2.81. The average Bonchev–Trinajstić information content (AvgIpc) is 2.55. The average molecular weight is 327 g/mol. The van der Waals surface area contributed by atoms with Crippen molar-refractivity contribution in [2.45, 2.75) is 38.1 Å². The monoisotopic (exact) mass is 326 g/mol. The Morgan fingerprint density at radius 3 is 2.50 bits per heavy atom. The predicted octanol–water partition coefficient (Wildman–Crippen LogP) is 2.65. The van der Waals surface area contributed by atoms with E-state index in [0.717, 1.165) is 44.5 Å². The number of benzene rings is 1. The molecule has 5 heteroatoms. The number of aryl methyl sites for hydroxylation is 1. The van der Waals surface area contributed by atoms with E-state index < -0.39 is 0 Å². The molecule has 0 unspecified atom stereocenters. The smallest absolute Gasteiger partial charge is 0.222 e. The maximum Gasteiger partial charge on any atom is 0.222 e. The SMILES string of the molecule is COc1ccc(CCCC(=O)N(C)C2CCNCC2)cc1.Cl. The molecule has 1 fully saturated rings. The van der Waals surface area contributed by atoms with Crippen molar-refractivity contribution in [2.24, 2.45) is 0 Å². The van der Waals surface area contributed by atoms with Gasteiger partial charge in [0.25, 0.3) is 0 Å². The summed E-state index contributed by atoms with van der Waals surface area (Å²) in [5, 5.41) is 3.33. The van der Waals surface area contributed by atoms with Gasteiger partial charge < -0.3 is 15.0 Å². The molecule has 1 heterocycles. The van der Waals surface area contributed by atoms with Crippen LogP contribution in [-0.2, 0) is 11.2 Å². The summed E-state index contributed by atoms with van der Waals surface area (Å²) in [5.41, 5.74) is 1.26. The second kappa shape index (κ2) is 9.70. The van der Waals surface area contributed by atoms with Crippen molar-refractivity contribution in [1.82, 2.24) is 10.2 Å². The molecule has 2 rings (SSSR count). The van der Waals surface area contributed by atoms with Crippen LogP contribution in [-0.4, -0.2) is 44.1 Å². The first-order valence-electron chi connectivity index (χ1n) is 7.80. The summed E-state index contributed by atoms with van der Waals surface area (Å²) < 4.78 is 5.14. The number of nitrogens with one attached hydrogen (secondary N) is 1. The molecule has 0 aliphatic carbocycles. The molecule has 1 aliphatic heterocycles. The highest BCUT2D eigenvalue weighted by Gasteiger charge is 2.21. The number of nitrogens with zero attached hydrogens (tertiary/aromatic N) is 1. The lowest BCUT2D eigenvalue weighted by atomic mass is 10.0. The quantitative estimate of drug-likeness (QED) is 0.874. The number of piperidine rings is 1. The minimum absolute atomic E-state index is 0. The molecule has 0 radical (unpaired) electrons. The summed E-state index contributed by atoms with van der Waals surface area (Å²) >= 11 is 0. The van der Waals surface area contributed by atoms with Crippen molar-refractivity contribution in [1.29, 1.82) is 0 Å². The van der Waals surface area contributed by atoms with Gasteiger partial charge in [-0.25, -0.2) is 0 Å². The zero-order chi connectivity index (χ0) is 15.1. The van der Waals surface area contributed by atoms with Crippen molar-refractivity contribution < 1.29 is 9.53 Å². The molecule has 1 aromatic carbocycles. The van der Waals surface area contributed by atoms with Gasteiger partial charge in [0.1, 0.15) is 5.75 Å². The number of hydrogen-bond acceptors (Lipinski definition) is 3. The Balaban J connectivity index is 0.00000242. The van der Waals surface area contributed by atoms with Crippen molar-refractivity contribution >= 4 is 18.3 Å². The van der Waals surface area contributed by atoms with E-state index in [0.29, 0.717) is 12.5 Å². The molecule has 1 aromatic rings. The van der Waals surface area contributed by atoms with E-state index >= 15 is 0 Å². The molecule has 0 spiro atoms. The number of hydrogen-bond donors (Lipinski definition) is 1. The summed E-state index contributed by atoms with van der Waals surface area (Å²) in [7, 11) is 3.62. The first-order chi connectivity index (χ1) is 10.2. The van der Waals surface area contributed by atoms with Crippen LogP contribution in [0.1, 0.15) is 31.2 Å². The van der Waals surface area contributed by atoms with Crippen molar-refractivity contribution in [3.05, 3.63) is 29.8 Å². The Kier molecular flexibility index (Phi) is 8.28. The fraction of sp³-hybridized carbons (Fsp3) is 0.588. The summed E-state index contributed by atoms with van der Waals surface area (Å²) in [6.07, 6.45) is 4.62. The standard InChI is InChI=1S/C17H26N2O2.ClH/c1-19(15-10-12-18-13-11-15)17(20)5-3-4-14-6-8-16(21-2)9-7-14;/h6-9,15,18H,3-5,10-13H2,1-2H3;1H. The Hall–Kier alpha value is -1.26. The highest BCUT2D eigenvalue weighted by molar-refractivity contribution is 5.85. The Morgan fingerprint density at radius 1 is 1.27 bits per heavy atom. The minimum Gasteiger partial charge on any atom is -0.497 e. The van der Waals surface area contributed by atoms with Gasteiger partial charge >= 0.3 is 0 Å². The van der Waals surface area contributed by atoms with Crippen LogP contribution in [0.15, 0.2) is 24.3 Å². The third-order valence-electron chi connectivity index (χ3n) is 4.26. The lowest BCUT2D eigenvalue weighted by Crippen LogP contribution is -2.43. The van der Waals surface area contributed by atoms with E-state index in [1.54, 1.807) is 7.11 Å². The van der Waals surface area contributed by atoms with Crippen LogP contribution in [0.2, 0.25) is 0 Å². The molecule has 124 valence electrons. The van der Waals surface area contributed by atoms with Gasteiger partial charge in [0.2, 0.25) is 5.91 Å².